The van der Waals surface area contributed by atoms with Crippen LogP contribution in [-0.4, -0.2) is 37.2 Å². The van der Waals surface area contributed by atoms with Gasteiger partial charge in [0.1, 0.15) is 13.2 Å². The molecule has 0 fully saturated rings. The molecule has 0 aliphatic rings. The maximum atomic E-state index is 12.8. The standard InChI is InChI=1S/C66H110O6/c1-4-7-10-13-16-19-22-25-28-30-31-32-33-34-35-37-38-41-44-47-50-53-56-59-65(68)71-62-63(61-70-64(67)58-55-52-49-46-43-40-27-24-21-18-15-12-9-6-3)72-66(69)60-57-54-51-48-45-42-39-36-29-26-23-20-17-14-11-8-5-2/h7-8,10-11,16-17,19-20,25-26,28-29,31-32,39,42,48,51,63H,4-6,9,12-15,18,21-24,27,30,33-38,40-41,43-47,49-50,52-62H2,1-3H3/b10-7-,11-8-,19-16-,20-17-,28-25-,29-26-,32-31-,42-39-,51-48-. The average Bonchev–Trinajstić information content (AvgIpc) is 3.38. The minimum atomic E-state index is -0.810. The highest BCUT2D eigenvalue weighted by Gasteiger charge is 2.19. The third-order valence-corrected chi connectivity index (χ3v) is 12.5. The van der Waals surface area contributed by atoms with Crippen molar-refractivity contribution in [1.29, 1.82) is 0 Å². The topological polar surface area (TPSA) is 78.9 Å². The molecule has 0 aromatic rings. The highest BCUT2D eigenvalue weighted by Crippen LogP contribution is 2.16. The number of ether oxygens (including phenoxy) is 3. The predicted molar refractivity (Wildman–Crippen MR) is 311 cm³/mol. The SMILES string of the molecule is CC/C=C\C/C=C\C/C=C\C/C=C\C/C=C\CCCC(=O)OC(COC(=O)CCCCCCCCCCCC/C=C\C/C=C\C/C=C\C/C=C\CC)COC(=O)CCCCCCCCCCCCCCCC. The molecule has 72 heavy (non-hydrogen) atoms. The van der Waals surface area contributed by atoms with Gasteiger partial charge >= 0.3 is 17.9 Å². The zero-order valence-electron chi connectivity index (χ0n) is 46.9. The molecule has 0 amide bonds. The van der Waals surface area contributed by atoms with Crippen LogP contribution in [0, 0.1) is 0 Å². The lowest BCUT2D eigenvalue weighted by atomic mass is 10.0. The van der Waals surface area contributed by atoms with Gasteiger partial charge in [-0.3, -0.25) is 14.4 Å². The molecule has 6 heteroatoms. The Bertz CT molecular complexity index is 1470. The number of allylic oxidation sites excluding steroid dienone is 18. The summed E-state index contributed by atoms with van der Waals surface area (Å²) in [6.07, 6.45) is 80.9. The normalized spacial score (nSPS) is 12.9. The van der Waals surface area contributed by atoms with E-state index in [2.05, 4.69) is 130 Å². The van der Waals surface area contributed by atoms with Crippen LogP contribution in [-0.2, 0) is 28.6 Å². The van der Waals surface area contributed by atoms with Crippen molar-refractivity contribution in [3.63, 3.8) is 0 Å². The van der Waals surface area contributed by atoms with Crippen LogP contribution >= 0.6 is 0 Å². The summed E-state index contributed by atoms with van der Waals surface area (Å²) in [5, 5.41) is 0. The smallest absolute Gasteiger partial charge is 0.306 e. The van der Waals surface area contributed by atoms with Crippen LogP contribution in [0.5, 0.6) is 0 Å². The van der Waals surface area contributed by atoms with Crippen LogP contribution in [0.25, 0.3) is 0 Å². The number of hydrogen-bond acceptors (Lipinski definition) is 6. The third-order valence-electron chi connectivity index (χ3n) is 12.5. The summed E-state index contributed by atoms with van der Waals surface area (Å²) >= 11 is 0. The number of hydrogen-bond donors (Lipinski definition) is 0. The minimum Gasteiger partial charge on any atom is -0.462 e. The van der Waals surface area contributed by atoms with Crippen molar-refractivity contribution in [2.24, 2.45) is 0 Å². The van der Waals surface area contributed by atoms with E-state index in [0.717, 1.165) is 103 Å². The van der Waals surface area contributed by atoms with E-state index < -0.39 is 6.10 Å². The second-order valence-electron chi connectivity index (χ2n) is 19.5. The quantitative estimate of drug-likeness (QED) is 0.0261. The highest BCUT2D eigenvalue weighted by atomic mass is 16.6. The van der Waals surface area contributed by atoms with Crippen LogP contribution in [0.1, 0.15) is 271 Å². The molecule has 0 bridgehead atoms. The van der Waals surface area contributed by atoms with Gasteiger partial charge in [-0.2, -0.15) is 0 Å². The van der Waals surface area contributed by atoms with Crippen molar-refractivity contribution in [3.8, 4) is 0 Å². The minimum absolute atomic E-state index is 0.101. The van der Waals surface area contributed by atoms with Gasteiger partial charge < -0.3 is 14.2 Å². The van der Waals surface area contributed by atoms with Gasteiger partial charge in [-0.05, 0) is 96.3 Å². The molecule has 0 saturated heterocycles. The molecule has 0 saturated carbocycles. The lowest BCUT2D eigenvalue weighted by molar-refractivity contribution is -0.167. The summed E-state index contributed by atoms with van der Waals surface area (Å²) in [5.41, 5.74) is 0. The summed E-state index contributed by atoms with van der Waals surface area (Å²) in [5.74, 6) is -0.959. The monoisotopic (exact) mass is 999 g/mol. The number of carbonyl (C=O) groups excluding carboxylic acids is 3. The molecule has 0 N–H and O–H groups in total. The zero-order chi connectivity index (χ0) is 52.2. The first-order chi connectivity index (χ1) is 35.5. The second-order valence-corrected chi connectivity index (χ2v) is 19.5. The summed E-state index contributed by atoms with van der Waals surface area (Å²) in [4.78, 5) is 38.2. The van der Waals surface area contributed by atoms with Crippen molar-refractivity contribution in [2.75, 3.05) is 13.2 Å². The Hall–Kier alpha value is -3.93. The summed E-state index contributed by atoms with van der Waals surface area (Å²) < 4.78 is 16.8. The molecular formula is C66H110O6. The lowest BCUT2D eigenvalue weighted by Gasteiger charge is -2.18. The van der Waals surface area contributed by atoms with Gasteiger partial charge in [0, 0.05) is 19.3 Å². The molecule has 0 aromatic heterocycles. The van der Waals surface area contributed by atoms with E-state index in [-0.39, 0.29) is 37.5 Å². The molecule has 0 aliphatic heterocycles. The first-order valence-electron chi connectivity index (χ1n) is 29.9. The Kier molecular flexibility index (Phi) is 56.4. The Balaban J connectivity index is 4.42. The first-order valence-corrected chi connectivity index (χ1v) is 29.9. The van der Waals surface area contributed by atoms with Crippen molar-refractivity contribution < 1.29 is 28.6 Å². The summed E-state index contributed by atoms with van der Waals surface area (Å²) in [7, 11) is 0. The number of esters is 3. The molecule has 0 rings (SSSR count). The number of rotatable bonds is 53. The maximum absolute atomic E-state index is 12.8. The third kappa shape index (κ3) is 57.0. The van der Waals surface area contributed by atoms with Crippen molar-refractivity contribution >= 4 is 17.9 Å². The Morgan fingerprint density at radius 3 is 0.889 bits per heavy atom. The fourth-order valence-corrected chi connectivity index (χ4v) is 8.12. The zero-order valence-corrected chi connectivity index (χ0v) is 46.9. The maximum Gasteiger partial charge on any atom is 0.306 e. The van der Waals surface area contributed by atoms with E-state index in [1.807, 2.05) is 0 Å². The summed E-state index contributed by atoms with van der Waals surface area (Å²) in [6.45, 7) is 6.38. The lowest BCUT2D eigenvalue weighted by Crippen LogP contribution is -2.30. The van der Waals surface area contributed by atoms with Gasteiger partial charge in [-0.1, -0.05) is 265 Å². The van der Waals surface area contributed by atoms with Gasteiger partial charge in [-0.25, -0.2) is 0 Å². The van der Waals surface area contributed by atoms with Crippen LogP contribution in [0.4, 0.5) is 0 Å². The Morgan fingerprint density at radius 1 is 0.292 bits per heavy atom. The van der Waals surface area contributed by atoms with Gasteiger partial charge in [-0.15, -0.1) is 0 Å². The van der Waals surface area contributed by atoms with E-state index in [1.54, 1.807) is 0 Å². The first kappa shape index (κ1) is 68.1. The molecule has 1 unspecified atom stereocenters. The fraction of sp³-hybridized carbons (Fsp3) is 0.682. The highest BCUT2D eigenvalue weighted by molar-refractivity contribution is 5.71. The van der Waals surface area contributed by atoms with Crippen LogP contribution in [0.2, 0.25) is 0 Å². The molecule has 0 aliphatic carbocycles. The molecule has 410 valence electrons. The van der Waals surface area contributed by atoms with E-state index in [4.69, 9.17) is 14.2 Å². The Labute approximate surface area is 444 Å². The largest absolute Gasteiger partial charge is 0.462 e. The molecule has 0 spiro atoms. The van der Waals surface area contributed by atoms with Gasteiger partial charge in [0.05, 0.1) is 0 Å². The van der Waals surface area contributed by atoms with Crippen molar-refractivity contribution in [3.05, 3.63) is 109 Å². The van der Waals surface area contributed by atoms with Crippen LogP contribution in [0.3, 0.4) is 0 Å². The average molecular weight is 1000 g/mol. The number of carbonyl (C=O) groups is 3. The van der Waals surface area contributed by atoms with E-state index in [1.165, 1.54) is 122 Å². The number of unbranched alkanes of at least 4 members (excludes halogenated alkanes) is 24. The van der Waals surface area contributed by atoms with Crippen LogP contribution in [0.15, 0.2) is 109 Å². The van der Waals surface area contributed by atoms with E-state index in [0.29, 0.717) is 19.3 Å². The molecule has 6 nitrogen and oxygen atoms in total. The predicted octanol–water partition coefficient (Wildman–Crippen LogP) is 20.3. The molecule has 0 heterocycles. The molecule has 0 radical (unpaired) electrons. The van der Waals surface area contributed by atoms with Crippen LogP contribution < -0.4 is 0 Å². The van der Waals surface area contributed by atoms with E-state index >= 15 is 0 Å². The molecule has 1 atom stereocenters. The van der Waals surface area contributed by atoms with Crippen molar-refractivity contribution in [2.45, 2.75) is 277 Å². The molecular weight excluding hydrogens is 889 g/mol. The molecule has 0 aromatic carbocycles. The van der Waals surface area contributed by atoms with Gasteiger partial charge in [0.25, 0.3) is 0 Å². The van der Waals surface area contributed by atoms with E-state index in [9.17, 15) is 14.4 Å². The van der Waals surface area contributed by atoms with Gasteiger partial charge in [0.2, 0.25) is 0 Å². The summed E-state index contributed by atoms with van der Waals surface area (Å²) in [6, 6.07) is 0. The van der Waals surface area contributed by atoms with Gasteiger partial charge in [0.15, 0.2) is 6.10 Å². The second kappa shape index (κ2) is 59.6. The fourth-order valence-electron chi connectivity index (χ4n) is 8.12. The van der Waals surface area contributed by atoms with Crippen molar-refractivity contribution in [1.82, 2.24) is 0 Å². The Morgan fingerprint density at radius 2 is 0.556 bits per heavy atom.